The van der Waals surface area contributed by atoms with E-state index in [9.17, 15) is 4.79 Å². The number of aromatic nitrogens is 2. The number of benzene rings is 1. The van der Waals surface area contributed by atoms with Crippen molar-refractivity contribution in [2.45, 2.75) is 6.54 Å². The van der Waals surface area contributed by atoms with E-state index in [1.807, 2.05) is 55.2 Å². The van der Waals surface area contributed by atoms with Gasteiger partial charge in [0.2, 0.25) is 0 Å². The van der Waals surface area contributed by atoms with Crippen LogP contribution in [0.1, 0.15) is 9.67 Å². The Hall–Kier alpha value is -2.14. The van der Waals surface area contributed by atoms with E-state index in [1.165, 1.54) is 11.3 Å². The maximum absolute atomic E-state index is 12.1. The molecular formula is C15H15N3OS. The van der Waals surface area contributed by atoms with Gasteiger partial charge < -0.3 is 9.47 Å². The number of hydrogen-bond donors (Lipinski definition) is 0. The monoisotopic (exact) mass is 285 g/mol. The second-order valence-corrected chi connectivity index (χ2v) is 5.58. The van der Waals surface area contributed by atoms with Crippen LogP contribution in [0.2, 0.25) is 0 Å². The minimum atomic E-state index is 0.0735. The van der Waals surface area contributed by atoms with Crippen molar-refractivity contribution < 1.29 is 4.79 Å². The van der Waals surface area contributed by atoms with Crippen LogP contribution in [0.3, 0.4) is 0 Å². The molecule has 1 amide bonds. The molecular weight excluding hydrogens is 270 g/mol. The number of thiophene rings is 1. The van der Waals surface area contributed by atoms with Crippen LogP contribution in [0.25, 0.3) is 11.0 Å². The van der Waals surface area contributed by atoms with Gasteiger partial charge in [0.1, 0.15) is 0 Å². The van der Waals surface area contributed by atoms with Crippen LogP contribution in [0.15, 0.2) is 48.1 Å². The largest absolute Gasteiger partial charge is 0.339 e. The summed E-state index contributed by atoms with van der Waals surface area (Å²) in [7, 11) is 1.83. The third-order valence-corrected chi connectivity index (χ3v) is 4.14. The van der Waals surface area contributed by atoms with Crippen LogP contribution in [0.4, 0.5) is 0 Å². The van der Waals surface area contributed by atoms with E-state index in [4.69, 9.17) is 0 Å². The molecule has 1 aromatic carbocycles. The molecule has 3 aromatic rings. The summed E-state index contributed by atoms with van der Waals surface area (Å²) in [5.74, 6) is 0.0735. The first-order chi connectivity index (χ1) is 9.75. The zero-order valence-electron chi connectivity index (χ0n) is 11.2. The highest BCUT2D eigenvalue weighted by Crippen LogP contribution is 2.13. The van der Waals surface area contributed by atoms with Crippen LogP contribution in [-0.4, -0.2) is 34.0 Å². The molecule has 0 fully saturated rings. The van der Waals surface area contributed by atoms with E-state index < -0.39 is 0 Å². The molecule has 0 saturated carbocycles. The van der Waals surface area contributed by atoms with Crippen LogP contribution in [-0.2, 0) is 6.54 Å². The summed E-state index contributed by atoms with van der Waals surface area (Å²) in [5.41, 5.74) is 2.09. The maximum Gasteiger partial charge on any atom is 0.263 e. The van der Waals surface area contributed by atoms with Gasteiger partial charge in [-0.15, -0.1) is 11.3 Å². The first kappa shape index (κ1) is 12.9. The number of carbonyl (C=O) groups is 1. The van der Waals surface area contributed by atoms with E-state index in [0.29, 0.717) is 6.54 Å². The highest BCUT2D eigenvalue weighted by molar-refractivity contribution is 7.12. The van der Waals surface area contributed by atoms with Gasteiger partial charge in [0.05, 0.1) is 22.2 Å². The number of likely N-dealkylation sites (N-methyl/N-ethyl adjacent to an activating group) is 1. The molecule has 0 radical (unpaired) electrons. The van der Waals surface area contributed by atoms with Gasteiger partial charge in [0.25, 0.3) is 5.91 Å². The Balaban J connectivity index is 1.69. The lowest BCUT2D eigenvalue weighted by Gasteiger charge is -2.16. The van der Waals surface area contributed by atoms with Crippen molar-refractivity contribution in [3.63, 3.8) is 0 Å². The van der Waals surface area contributed by atoms with Crippen molar-refractivity contribution >= 4 is 28.3 Å². The average Bonchev–Trinajstić information content (AvgIpc) is 3.13. The fraction of sp³-hybridized carbons (Fsp3) is 0.200. The van der Waals surface area contributed by atoms with Crippen LogP contribution < -0.4 is 0 Å². The normalized spacial score (nSPS) is 10.8. The lowest BCUT2D eigenvalue weighted by Crippen LogP contribution is -2.29. The Morgan fingerprint density at radius 3 is 2.95 bits per heavy atom. The summed E-state index contributed by atoms with van der Waals surface area (Å²) in [6.45, 7) is 1.41. The minimum Gasteiger partial charge on any atom is -0.339 e. The summed E-state index contributed by atoms with van der Waals surface area (Å²) in [6, 6.07) is 11.8. The van der Waals surface area contributed by atoms with Crippen molar-refractivity contribution in [2.24, 2.45) is 0 Å². The fourth-order valence-corrected chi connectivity index (χ4v) is 2.85. The Bertz CT molecular complexity index is 718. The van der Waals surface area contributed by atoms with Gasteiger partial charge in [0, 0.05) is 20.1 Å². The van der Waals surface area contributed by atoms with Crippen LogP contribution >= 0.6 is 11.3 Å². The topological polar surface area (TPSA) is 38.1 Å². The molecule has 3 rings (SSSR count). The molecule has 0 unspecified atom stereocenters. The molecule has 0 aliphatic heterocycles. The molecule has 4 nitrogen and oxygen atoms in total. The molecule has 2 aromatic heterocycles. The lowest BCUT2D eigenvalue weighted by molar-refractivity contribution is 0.0795. The van der Waals surface area contributed by atoms with E-state index >= 15 is 0 Å². The van der Waals surface area contributed by atoms with Gasteiger partial charge >= 0.3 is 0 Å². The minimum absolute atomic E-state index is 0.0735. The predicted octanol–water partition coefficient (Wildman–Crippen LogP) is 2.87. The van der Waals surface area contributed by atoms with Gasteiger partial charge in [0.15, 0.2) is 0 Å². The van der Waals surface area contributed by atoms with Crippen molar-refractivity contribution in [3.8, 4) is 0 Å². The number of rotatable bonds is 4. The van der Waals surface area contributed by atoms with Crippen molar-refractivity contribution in [2.75, 3.05) is 13.6 Å². The standard InChI is InChI=1S/C15H15N3OS/c1-17(15(19)14-7-4-10-20-14)8-9-18-11-16-12-5-2-3-6-13(12)18/h2-7,10-11H,8-9H2,1H3. The molecule has 0 N–H and O–H groups in total. The average molecular weight is 285 g/mol. The molecule has 0 aliphatic rings. The van der Waals surface area contributed by atoms with E-state index in [1.54, 1.807) is 4.90 Å². The molecule has 5 heteroatoms. The highest BCUT2D eigenvalue weighted by Gasteiger charge is 2.12. The smallest absolute Gasteiger partial charge is 0.263 e. The van der Waals surface area contributed by atoms with E-state index in [2.05, 4.69) is 9.55 Å². The Morgan fingerprint density at radius 2 is 2.15 bits per heavy atom. The molecule has 0 atom stereocenters. The number of nitrogens with zero attached hydrogens (tertiary/aromatic N) is 3. The number of imidazole rings is 1. The van der Waals surface area contributed by atoms with Gasteiger partial charge in [-0.1, -0.05) is 18.2 Å². The maximum atomic E-state index is 12.1. The molecule has 20 heavy (non-hydrogen) atoms. The Kier molecular flexibility index (Phi) is 3.52. The summed E-state index contributed by atoms with van der Waals surface area (Å²) >= 11 is 1.47. The summed E-state index contributed by atoms with van der Waals surface area (Å²) in [4.78, 5) is 19.0. The third kappa shape index (κ3) is 2.44. The first-order valence-corrected chi connectivity index (χ1v) is 7.32. The number of amides is 1. The lowest BCUT2D eigenvalue weighted by atomic mass is 10.3. The fourth-order valence-electron chi connectivity index (χ4n) is 2.14. The second-order valence-electron chi connectivity index (χ2n) is 4.63. The van der Waals surface area contributed by atoms with Crippen molar-refractivity contribution in [3.05, 3.63) is 53.0 Å². The Morgan fingerprint density at radius 1 is 1.30 bits per heavy atom. The zero-order chi connectivity index (χ0) is 13.9. The SMILES string of the molecule is CN(CCn1cnc2ccccc21)C(=O)c1cccs1. The van der Waals surface area contributed by atoms with Crippen LogP contribution in [0.5, 0.6) is 0 Å². The third-order valence-electron chi connectivity index (χ3n) is 3.28. The molecule has 2 heterocycles. The van der Waals surface area contributed by atoms with Crippen molar-refractivity contribution in [1.29, 1.82) is 0 Å². The predicted molar refractivity (Wildman–Crippen MR) is 81.0 cm³/mol. The molecule has 0 spiro atoms. The molecule has 0 bridgehead atoms. The first-order valence-electron chi connectivity index (χ1n) is 6.44. The van der Waals surface area contributed by atoms with Gasteiger partial charge in [-0.2, -0.15) is 0 Å². The van der Waals surface area contributed by atoms with Crippen LogP contribution in [0, 0.1) is 0 Å². The number of fused-ring (bicyclic) bond motifs is 1. The number of carbonyl (C=O) groups excluding carboxylic acids is 1. The number of para-hydroxylation sites is 2. The zero-order valence-corrected chi connectivity index (χ0v) is 12.0. The number of hydrogen-bond acceptors (Lipinski definition) is 3. The summed E-state index contributed by atoms with van der Waals surface area (Å²) < 4.78 is 2.08. The summed E-state index contributed by atoms with van der Waals surface area (Å²) in [6.07, 6.45) is 1.83. The molecule has 0 aliphatic carbocycles. The van der Waals surface area contributed by atoms with Gasteiger partial charge in [-0.25, -0.2) is 4.98 Å². The Labute approximate surface area is 121 Å². The molecule has 0 saturated heterocycles. The van der Waals surface area contributed by atoms with E-state index in [0.717, 1.165) is 22.5 Å². The summed E-state index contributed by atoms with van der Waals surface area (Å²) in [5, 5.41) is 1.92. The van der Waals surface area contributed by atoms with Gasteiger partial charge in [-0.05, 0) is 23.6 Å². The second kappa shape index (κ2) is 5.46. The highest BCUT2D eigenvalue weighted by atomic mass is 32.1. The van der Waals surface area contributed by atoms with Crippen molar-refractivity contribution in [1.82, 2.24) is 14.5 Å². The molecule has 102 valence electrons. The van der Waals surface area contributed by atoms with Gasteiger partial charge in [-0.3, -0.25) is 4.79 Å². The van der Waals surface area contributed by atoms with E-state index in [-0.39, 0.29) is 5.91 Å². The quantitative estimate of drug-likeness (QED) is 0.739.